The van der Waals surface area contributed by atoms with E-state index < -0.39 is 5.97 Å². The van der Waals surface area contributed by atoms with E-state index in [2.05, 4.69) is 27.5 Å². The van der Waals surface area contributed by atoms with Crippen molar-refractivity contribution in [3.05, 3.63) is 77.7 Å². The van der Waals surface area contributed by atoms with Gasteiger partial charge in [-0.1, -0.05) is 25.1 Å². The molecule has 0 saturated heterocycles. The van der Waals surface area contributed by atoms with Gasteiger partial charge in [0.1, 0.15) is 11.5 Å². The Morgan fingerprint density at radius 1 is 1.00 bits per heavy atom. The van der Waals surface area contributed by atoms with Gasteiger partial charge in [0, 0.05) is 11.4 Å². The van der Waals surface area contributed by atoms with Crippen LogP contribution in [-0.2, 0) is 11.2 Å². The van der Waals surface area contributed by atoms with Gasteiger partial charge in [-0.2, -0.15) is 0 Å². The SMILES string of the molecule is CCc1ccc(NC(=O)c2cnc(Nc3cccc(C(=O)OC)c3)cn2)cc1. The van der Waals surface area contributed by atoms with Gasteiger partial charge in [-0.15, -0.1) is 0 Å². The molecule has 0 fully saturated rings. The molecule has 0 atom stereocenters. The van der Waals surface area contributed by atoms with Gasteiger partial charge in [0.05, 0.1) is 25.1 Å². The van der Waals surface area contributed by atoms with Crippen molar-refractivity contribution in [3.8, 4) is 0 Å². The summed E-state index contributed by atoms with van der Waals surface area (Å²) < 4.78 is 4.71. The minimum Gasteiger partial charge on any atom is -0.465 e. The van der Waals surface area contributed by atoms with Crippen molar-refractivity contribution in [1.82, 2.24) is 9.97 Å². The molecule has 0 radical (unpaired) electrons. The van der Waals surface area contributed by atoms with Crippen molar-refractivity contribution in [2.24, 2.45) is 0 Å². The first-order chi connectivity index (χ1) is 13.6. The van der Waals surface area contributed by atoms with E-state index >= 15 is 0 Å². The first-order valence-corrected chi connectivity index (χ1v) is 8.76. The number of esters is 1. The third kappa shape index (κ3) is 4.70. The molecule has 0 spiro atoms. The maximum absolute atomic E-state index is 12.3. The lowest BCUT2D eigenvalue weighted by molar-refractivity contribution is 0.0600. The number of aryl methyl sites for hydroxylation is 1. The van der Waals surface area contributed by atoms with Crippen LogP contribution in [0.1, 0.15) is 33.3 Å². The average Bonchev–Trinajstić information content (AvgIpc) is 2.74. The van der Waals surface area contributed by atoms with Crippen LogP contribution in [0.3, 0.4) is 0 Å². The van der Waals surface area contributed by atoms with Gasteiger partial charge >= 0.3 is 5.97 Å². The number of anilines is 3. The topological polar surface area (TPSA) is 93.2 Å². The van der Waals surface area contributed by atoms with Crippen molar-refractivity contribution in [2.45, 2.75) is 13.3 Å². The van der Waals surface area contributed by atoms with Gasteiger partial charge in [-0.3, -0.25) is 4.79 Å². The Morgan fingerprint density at radius 3 is 2.43 bits per heavy atom. The third-order valence-corrected chi connectivity index (χ3v) is 4.06. The highest BCUT2D eigenvalue weighted by Crippen LogP contribution is 2.16. The second-order valence-electron chi connectivity index (χ2n) is 5.99. The summed E-state index contributed by atoms with van der Waals surface area (Å²) in [6, 6.07) is 14.5. The number of nitrogens with one attached hydrogen (secondary N) is 2. The summed E-state index contributed by atoms with van der Waals surface area (Å²) in [6.45, 7) is 2.07. The molecule has 0 aliphatic carbocycles. The van der Waals surface area contributed by atoms with E-state index in [9.17, 15) is 9.59 Å². The molecule has 3 rings (SSSR count). The number of ether oxygens (including phenoxy) is 1. The zero-order valence-electron chi connectivity index (χ0n) is 15.6. The van der Waals surface area contributed by atoms with Gasteiger partial charge in [-0.05, 0) is 42.3 Å². The molecular weight excluding hydrogens is 356 g/mol. The monoisotopic (exact) mass is 376 g/mol. The number of rotatable bonds is 6. The molecule has 7 nitrogen and oxygen atoms in total. The van der Waals surface area contributed by atoms with Crippen LogP contribution in [0.15, 0.2) is 60.9 Å². The fraction of sp³-hybridized carbons (Fsp3) is 0.143. The third-order valence-electron chi connectivity index (χ3n) is 4.06. The molecule has 142 valence electrons. The summed E-state index contributed by atoms with van der Waals surface area (Å²) in [7, 11) is 1.33. The van der Waals surface area contributed by atoms with E-state index in [1.165, 1.54) is 25.1 Å². The van der Waals surface area contributed by atoms with Crippen LogP contribution in [0.25, 0.3) is 0 Å². The fourth-order valence-electron chi connectivity index (χ4n) is 2.52. The molecule has 2 N–H and O–H groups in total. The maximum atomic E-state index is 12.3. The van der Waals surface area contributed by atoms with Crippen LogP contribution >= 0.6 is 0 Å². The highest BCUT2D eigenvalue weighted by Gasteiger charge is 2.10. The van der Waals surface area contributed by atoms with Crippen LogP contribution in [0.5, 0.6) is 0 Å². The summed E-state index contributed by atoms with van der Waals surface area (Å²) in [4.78, 5) is 32.3. The molecule has 3 aromatic rings. The molecular formula is C21H20N4O3. The maximum Gasteiger partial charge on any atom is 0.337 e. The molecule has 2 aromatic carbocycles. The zero-order valence-corrected chi connectivity index (χ0v) is 15.6. The lowest BCUT2D eigenvalue weighted by atomic mass is 10.1. The molecule has 0 aliphatic heterocycles. The molecule has 1 amide bonds. The Hall–Kier alpha value is -3.74. The summed E-state index contributed by atoms with van der Waals surface area (Å²) in [5.41, 5.74) is 3.18. The second kappa shape index (κ2) is 8.77. The lowest BCUT2D eigenvalue weighted by Gasteiger charge is -2.08. The number of aromatic nitrogens is 2. The summed E-state index contributed by atoms with van der Waals surface area (Å²) >= 11 is 0. The standard InChI is InChI=1S/C21H20N4O3/c1-3-14-7-9-16(10-8-14)25-20(26)18-12-23-19(13-22-18)24-17-6-4-5-15(11-17)21(27)28-2/h4-13H,3H2,1-2H3,(H,23,24)(H,25,26). The first kappa shape index (κ1) is 19.0. The van der Waals surface area contributed by atoms with Crippen molar-refractivity contribution in [1.29, 1.82) is 0 Å². The van der Waals surface area contributed by atoms with Crippen molar-refractivity contribution in [3.63, 3.8) is 0 Å². The Balaban J connectivity index is 1.65. The number of amides is 1. The largest absolute Gasteiger partial charge is 0.465 e. The van der Waals surface area contributed by atoms with E-state index in [1.54, 1.807) is 24.3 Å². The smallest absolute Gasteiger partial charge is 0.337 e. The van der Waals surface area contributed by atoms with Gasteiger partial charge in [0.15, 0.2) is 0 Å². The molecule has 1 heterocycles. The van der Waals surface area contributed by atoms with Gasteiger partial charge in [0.25, 0.3) is 5.91 Å². The van der Waals surface area contributed by atoms with E-state index in [4.69, 9.17) is 4.74 Å². The van der Waals surface area contributed by atoms with E-state index in [0.717, 1.165) is 6.42 Å². The number of methoxy groups -OCH3 is 1. The Kier molecular flexibility index (Phi) is 5.96. The number of benzene rings is 2. The average molecular weight is 376 g/mol. The summed E-state index contributed by atoms with van der Waals surface area (Å²) in [5, 5.41) is 5.83. The van der Waals surface area contributed by atoms with Crippen molar-refractivity contribution < 1.29 is 14.3 Å². The van der Waals surface area contributed by atoms with Crippen LogP contribution < -0.4 is 10.6 Å². The molecule has 28 heavy (non-hydrogen) atoms. The highest BCUT2D eigenvalue weighted by molar-refractivity contribution is 6.02. The molecule has 0 saturated carbocycles. The van der Waals surface area contributed by atoms with Crippen LogP contribution in [0, 0.1) is 0 Å². The number of carbonyl (C=O) groups is 2. The van der Waals surface area contributed by atoms with E-state index in [0.29, 0.717) is 22.8 Å². The predicted octanol–water partition coefficient (Wildman–Crippen LogP) is 3.82. The number of carbonyl (C=O) groups excluding carboxylic acids is 2. The van der Waals surface area contributed by atoms with Crippen molar-refractivity contribution in [2.75, 3.05) is 17.7 Å². The van der Waals surface area contributed by atoms with E-state index in [-0.39, 0.29) is 11.6 Å². The molecule has 1 aromatic heterocycles. The normalized spacial score (nSPS) is 10.2. The number of hydrogen-bond acceptors (Lipinski definition) is 6. The first-order valence-electron chi connectivity index (χ1n) is 8.76. The van der Waals surface area contributed by atoms with Gasteiger partial charge in [0.2, 0.25) is 0 Å². The molecule has 7 heteroatoms. The Morgan fingerprint density at radius 2 is 1.79 bits per heavy atom. The van der Waals surface area contributed by atoms with Gasteiger partial charge < -0.3 is 15.4 Å². The molecule has 0 bridgehead atoms. The minimum atomic E-state index is -0.422. The zero-order chi connectivity index (χ0) is 19.9. The van der Waals surface area contributed by atoms with Crippen LogP contribution in [0.2, 0.25) is 0 Å². The minimum absolute atomic E-state index is 0.202. The molecule has 0 aliphatic rings. The fourth-order valence-corrected chi connectivity index (χ4v) is 2.52. The Labute approximate surface area is 162 Å². The molecule has 0 unspecified atom stereocenters. The summed E-state index contributed by atoms with van der Waals surface area (Å²) in [6.07, 6.45) is 3.79. The van der Waals surface area contributed by atoms with Crippen LogP contribution in [-0.4, -0.2) is 29.0 Å². The second-order valence-corrected chi connectivity index (χ2v) is 5.99. The van der Waals surface area contributed by atoms with Crippen molar-refractivity contribution >= 4 is 29.1 Å². The van der Waals surface area contributed by atoms with Gasteiger partial charge in [-0.25, -0.2) is 14.8 Å². The Bertz CT molecular complexity index is 970. The predicted molar refractivity (Wildman–Crippen MR) is 107 cm³/mol. The quantitative estimate of drug-likeness (QED) is 0.635. The number of hydrogen-bond donors (Lipinski definition) is 2. The lowest BCUT2D eigenvalue weighted by Crippen LogP contribution is -2.14. The van der Waals surface area contributed by atoms with Crippen LogP contribution in [0.4, 0.5) is 17.2 Å². The number of nitrogens with zero attached hydrogens (tertiary/aromatic N) is 2. The highest BCUT2D eigenvalue weighted by atomic mass is 16.5. The van der Waals surface area contributed by atoms with E-state index in [1.807, 2.05) is 24.3 Å². The summed E-state index contributed by atoms with van der Waals surface area (Å²) in [5.74, 6) is -0.310.